The van der Waals surface area contributed by atoms with E-state index in [-0.39, 0.29) is 11.7 Å². The molecule has 1 aliphatic rings. The van der Waals surface area contributed by atoms with Gasteiger partial charge in [0.15, 0.2) is 0 Å². The molecule has 1 fully saturated rings. The normalized spacial score (nSPS) is 24.1. The number of carbonyl (C=O) groups is 1. The molecule has 1 heterocycles. The molecule has 4 heteroatoms. The van der Waals surface area contributed by atoms with Crippen LogP contribution < -0.4 is 0 Å². The molecule has 0 aliphatic carbocycles. The van der Waals surface area contributed by atoms with Crippen molar-refractivity contribution in [2.24, 2.45) is 0 Å². The van der Waals surface area contributed by atoms with Gasteiger partial charge in [0.05, 0.1) is 0 Å². The highest BCUT2D eigenvalue weighted by molar-refractivity contribution is 8.00. The molecule has 0 aromatic heterocycles. The highest BCUT2D eigenvalue weighted by Crippen LogP contribution is 2.26. The maximum absolute atomic E-state index is 12.5. The standard InChI is InChI=1S/C14H19NO2S/c1-9-6-12(16)4-5-13(9)14(17)15-7-10(2)18-11(3)8-15/h4-6,10-11,16H,7-8H2,1-3H3. The Morgan fingerprint density at radius 3 is 2.50 bits per heavy atom. The second-order valence-corrected chi connectivity index (χ2v) is 6.85. The van der Waals surface area contributed by atoms with Crippen LogP contribution in [0.25, 0.3) is 0 Å². The van der Waals surface area contributed by atoms with Crippen LogP contribution in [0.2, 0.25) is 0 Å². The van der Waals surface area contributed by atoms with Gasteiger partial charge in [-0.2, -0.15) is 11.8 Å². The van der Waals surface area contributed by atoms with E-state index in [0.717, 1.165) is 18.7 Å². The van der Waals surface area contributed by atoms with Crippen LogP contribution in [0.1, 0.15) is 29.8 Å². The fourth-order valence-electron chi connectivity index (χ4n) is 2.40. The van der Waals surface area contributed by atoms with Crippen molar-refractivity contribution in [3.8, 4) is 5.75 Å². The van der Waals surface area contributed by atoms with E-state index in [9.17, 15) is 9.90 Å². The van der Waals surface area contributed by atoms with E-state index in [1.807, 2.05) is 23.6 Å². The average molecular weight is 265 g/mol. The maximum Gasteiger partial charge on any atom is 0.254 e. The van der Waals surface area contributed by atoms with Crippen LogP contribution in [0.15, 0.2) is 18.2 Å². The monoisotopic (exact) mass is 265 g/mol. The van der Waals surface area contributed by atoms with Gasteiger partial charge in [-0.3, -0.25) is 4.79 Å². The second kappa shape index (κ2) is 5.22. The third-order valence-electron chi connectivity index (χ3n) is 3.15. The first kappa shape index (κ1) is 13.3. The number of nitrogens with zero attached hydrogens (tertiary/aromatic N) is 1. The smallest absolute Gasteiger partial charge is 0.254 e. The van der Waals surface area contributed by atoms with E-state index in [4.69, 9.17) is 0 Å². The molecule has 2 rings (SSSR count). The Kier molecular flexibility index (Phi) is 3.85. The molecule has 0 saturated carbocycles. The zero-order valence-electron chi connectivity index (χ0n) is 11.0. The molecule has 0 spiro atoms. The summed E-state index contributed by atoms with van der Waals surface area (Å²) in [7, 11) is 0. The molecule has 98 valence electrons. The van der Waals surface area contributed by atoms with Gasteiger partial charge in [-0.05, 0) is 30.7 Å². The van der Waals surface area contributed by atoms with Gasteiger partial charge in [-0.15, -0.1) is 0 Å². The zero-order chi connectivity index (χ0) is 13.3. The number of aryl methyl sites for hydroxylation is 1. The molecule has 18 heavy (non-hydrogen) atoms. The largest absolute Gasteiger partial charge is 0.508 e. The third kappa shape index (κ3) is 2.80. The van der Waals surface area contributed by atoms with Gasteiger partial charge in [-0.1, -0.05) is 13.8 Å². The Balaban J connectivity index is 2.20. The van der Waals surface area contributed by atoms with E-state index in [1.165, 1.54) is 0 Å². The van der Waals surface area contributed by atoms with Crippen molar-refractivity contribution in [1.82, 2.24) is 4.90 Å². The molecule has 3 nitrogen and oxygen atoms in total. The zero-order valence-corrected chi connectivity index (χ0v) is 11.8. The second-order valence-electron chi connectivity index (χ2n) is 4.97. The highest BCUT2D eigenvalue weighted by Gasteiger charge is 2.27. The molecule has 1 amide bonds. The molecule has 1 N–H and O–H groups in total. The molecule has 2 atom stereocenters. The molecule has 1 aromatic carbocycles. The lowest BCUT2D eigenvalue weighted by Crippen LogP contribution is -2.44. The third-order valence-corrected chi connectivity index (χ3v) is 4.37. The predicted octanol–water partition coefficient (Wildman–Crippen LogP) is 2.67. The van der Waals surface area contributed by atoms with Crippen LogP contribution >= 0.6 is 11.8 Å². The molecule has 1 saturated heterocycles. The fourth-order valence-corrected chi connectivity index (χ4v) is 3.73. The van der Waals surface area contributed by atoms with Crippen molar-refractivity contribution in [3.05, 3.63) is 29.3 Å². The number of amides is 1. The van der Waals surface area contributed by atoms with E-state index < -0.39 is 0 Å². The van der Waals surface area contributed by atoms with Crippen molar-refractivity contribution in [3.63, 3.8) is 0 Å². The van der Waals surface area contributed by atoms with Crippen molar-refractivity contribution >= 4 is 17.7 Å². The van der Waals surface area contributed by atoms with E-state index in [1.54, 1.807) is 18.2 Å². The lowest BCUT2D eigenvalue weighted by Gasteiger charge is -2.34. The number of aromatic hydroxyl groups is 1. The Bertz CT molecular complexity index is 451. The van der Waals surface area contributed by atoms with Crippen LogP contribution in [0.5, 0.6) is 5.75 Å². The van der Waals surface area contributed by atoms with Crippen LogP contribution in [0, 0.1) is 6.92 Å². The summed E-state index contributed by atoms with van der Waals surface area (Å²) in [5, 5.41) is 10.3. The first-order valence-electron chi connectivity index (χ1n) is 6.21. The minimum absolute atomic E-state index is 0.0755. The maximum atomic E-state index is 12.5. The van der Waals surface area contributed by atoms with Crippen LogP contribution in [0.3, 0.4) is 0 Å². The van der Waals surface area contributed by atoms with Gasteiger partial charge in [0.25, 0.3) is 5.91 Å². The Morgan fingerprint density at radius 1 is 1.33 bits per heavy atom. The molecular formula is C14H19NO2S. The minimum Gasteiger partial charge on any atom is -0.508 e. The predicted molar refractivity (Wildman–Crippen MR) is 75.3 cm³/mol. The SMILES string of the molecule is Cc1cc(O)ccc1C(=O)N1CC(C)SC(C)C1. The quantitative estimate of drug-likeness (QED) is 0.848. The van der Waals surface area contributed by atoms with Crippen molar-refractivity contribution in [2.75, 3.05) is 13.1 Å². The first-order chi connectivity index (χ1) is 8.47. The van der Waals surface area contributed by atoms with E-state index in [2.05, 4.69) is 13.8 Å². The average Bonchev–Trinajstić information content (AvgIpc) is 2.26. The lowest BCUT2D eigenvalue weighted by molar-refractivity contribution is 0.0752. The van der Waals surface area contributed by atoms with E-state index >= 15 is 0 Å². The van der Waals surface area contributed by atoms with E-state index in [0.29, 0.717) is 16.1 Å². The number of hydrogen-bond acceptors (Lipinski definition) is 3. The van der Waals surface area contributed by atoms with Gasteiger partial charge in [-0.25, -0.2) is 0 Å². The molecular weight excluding hydrogens is 246 g/mol. The molecule has 1 aromatic rings. The van der Waals surface area contributed by atoms with Crippen LogP contribution in [-0.2, 0) is 0 Å². The molecule has 1 aliphatic heterocycles. The summed E-state index contributed by atoms with van der Waals surface area (Å²) in [4.78, 5) is 14.4. The summed E-state index contributed by atoms with van der Waals surface area (Å²) in [5.41, 5.74) is 1.53. The number of phenols is 1. The summed E-state index contributed by atoms with van der Waals surface area (Å²) in [6.07, 6.45) is 0. The Hall–Kier alpha value is -1.16. The van der Waals surface area contributed by atoms with Gasteiger partial charge in [0.2, 0.25) is 0 Å². The lowest BCUT2D eigenvalue weighted by atomic mass is 10.1. The van der Waals surface area contributed by atoms with Crippen molar-refractivity contribution in [2.45, 2.75) is 31.3 Å². The van der Waals surface area contributed by atoms with Gasteiger partial charge in [0.1, 0.15) is 5.75 Å². The number of benzene rings is 1. The number of rotatable bonds is 1. The number of phenolic OH excluding ortho intramolecular Hbond substituents is 1. The van der Waals surface area contributed by atoms with Crippen LogP contribution in [-0.4, -0.2) is 39.5 Å². The summed E-state index contributed by atoms with van der Waals surface area (Å²) in [6, 6.07) is 4.93. The van der Waals surface area contributed by atoms with Crippen molar-refractivity contribution in [1.29, 1.82) is 0 Å². The fraction of sp³-hybridized carbons (Fsp3) is 0.500. The summed E-state index contributed by atoms with van der Waals surface area (Å²) >= 11 is 1.93. The molecule has 0 radical (unpaired) electrons. The van der Waals surface area contributed by atoms with Crippen molar-refractivity contribution < 1.29 is 9.90 Å². The Morgan fingerprint density at radius 2 is 1.94 bits per heavy atom. The van der Waals surface area contributed by atoms with Gasteiger partial charge >= 0.3 is 0 Å². The summed E-state index contributed by atoms with van der Waals surface area (Å²) in [5.74, 6) is 0.284. The number of hydrogen-bond donors (Lipinski definition) is 1. The number of thioether (sulfide) groups is 1. The summed E-state index contributed by atoms with van der Waals surface area (Å²) in [6.45, 7) is 7.77. The van der Waals surface area contributed by atoms with Gasteiger partial charge < -0.3 is 10.0 Å². The minimum atomic E-state index is 0.0755. The topological polar surface area (TPSA) is 40.5 Å². The summed E-state index contributed by atoms with van der Waals surface area (Å²) < 4.78 is 0. The molecule has 0 bridgehead atoms. The van der Waals surface area contributed by atoms with Gasteiger partial charge in [0, 0.05) is 29.2 Å². The Labute approximate surface area is 112 Å². The highest BCUT2D eigenvalue weighted by atomic mass is 32.2. The first-order valence-corrected chi connectivity index (χ1v) is 7.16. The van der Waals surface area contributed by atoms with Crippen LogP contribution in [0.4, 0.5) is 0 Å². The number of carbonyl (C=O) groups excluding carboxylic acids is 1. The molecule has 2 unspecified atom stereocenters.